The van der Waals surface area contributed by atoms with E-state index in [1.807, 2.05) is 29.2 Å². The number of aromatic amines is 1. The van der Waals surface area contributed by atoms with Gasteiger partial charge in [0, 0.05) is 17.6 Å². The zero-order valence-corrected chi connectivity index (χ0v) is 13.9. The van der Waals surface area contributed by atoms with E-state index >= 15 is 0 Å². The quantitative estimate of drug-likeness (QED) is 0.939. The number of aromatic nitrogens is 1. The lowest BCUT2D eigenvalue weighted by atomic mass is 9.92. The number of carbonyl (C=O) groups excluding carboxylic acids is 1. The molecule has 1 aliphatic carbocycles. The van der Waals surface area contributed by atoms with Crippen molar-refractivity contribution in [1.29, 1.82) is 0 Å². The predicted octanol–water partition coefficient (Wildman–Crippen LogP) is 2.10. The molecule has 5 heteroatoms. The molecule has 0 bridgehead atoms. The van der Waals surface area contributed by atoms with Gasteiger partial charge in [0.05, 0.1) is 25.2 Å². The first-order chi connectivity index (χ1) is 11.6. The average molecular weight is 326 g/mol. The zero-order valence-electron chi connectivity index (χ0n) is 13.9. The van der Waals surface area contributed by atoms with Crippen molar-refractivity contribution >= 4 is 16.7 Å². The number of amides is 1. The van der Waals surface area contributed by atoms with Gasteiger partial charge in [-0.2, -0.15) is 0 Å². The number of carbonyl (C=O) groups is 1. The Kier molecular flexibility index (Phi) is 3.68. The molecular formula is C19H22N2O3. The smallest absolute Gasteiger partial charge is 0.256 e. The third-order valence-electron chi connectivity index (χ3n) is 5.38. The fourth-order valence-corrected chi connectivity index (χ4v) is 3.84. The van der Waals surface area contributed by atoms with Crippen LogP contribution in [0.4, 0.5) is 0 Å². The van der Waals surface area contributed by atoms with Gasteiger partial charge in [-0.25, -0.2) is 0 Å². The van der Waals surface area contributed by atoms with Crippen LogP contribution in [0.2, 0.25) is 0 Å². The van der Waals surface area contributed by atoms with Gasteiger partial charge in [-0.15, -0.1) is 0 Å². The van der Waals surface area contributed by atoms with Gasteiger partial charge in [-0.05, 0) is 43.2 Å². The second kappa shape index (κ2) is 5.74. The molecule has 2 heterocycles. The number of nitrogens with one attached hydrogen (secondary N) is 1. The molecule has 5 nitrogen and oxygen atoms in total. The fourth-order valence-electron chi connectivity index (χ4n) is 3.84. The summed E-state index contributed by atoms with van der Waals surface area (Å²) in [6.45, 7) is 3.95. The largest absolute Gasteiger partial charge is 0.377 e. The highest BCUT2D eigenvalue weighted by atomic mass is 16.5. The molecule has 1 atom stereocenters. The van der Waals surface area contributed by atoms with E-state index in [9.17, 15) is 9.59 Å². The summed E-state index contributed by atoms with van der Waals surface area (Å²) in [4.78, 5) is 29.9. The third kappa shape index (κ3) is 2.63. The maximum atomic E-state index is 12.9. The van der Waals surface area contributed by atoms with Gasteiger partial charge in [0.1, 0.15) is 0 Å². The van der Waals surface area contributed by atoms with Crippen LogP contribution in [0.15, 0.2) is 35.1 Å². The lowest BCUT2D eigenvalue weighted by Gasteiger charge is -2.45. The van der Waals surface area contributed by atoms with Crippen LogP contribution in [-0.2, 0) is 16.0 Å². The van der Waals surface area contributed by atoms with E-state index in [0.717, 1.165) is 18.2 Å². The highest BCUT2D eigenvalue weighted by molar-refractivity contribution is 5.84. The maximum Gasteiger partial charge on any atom is 0.256 e. The van der Waals surface area contributed by atoms with Crippen LogP contribution in [0.1, 0.15) is 25.5 Å². The average Bonchev–Trinajstić information content (AvgIpc) is 3.40. The van der Waals surface area contributed by atoms with Gasteiger partial charge >= 0.3 is 0 Å². The van der Waals surface area contributed by atoms with Crippen LogP contribution in [0, 0.1) is 5.92 Å². The first-order valence-corrected chi connectivity index (χ1v) is 8.57. The Balaban J connectivity index is 1.60. The van der Waals surface area contributed by atoms with Crippen LogP contribution < -0.4 is 5.56 Å². The fraction of sp³-hybridized carbons (Fsp3) is 0.474. The number of hydrogen-bond donors (Lipinski definition) is 1. The maximum absolute atomic E-state index is 12.9. The SMILES string of the molecule is CC1(C2CC2)COCCN1C(=O)Cc1cc2ccccc2c(=O)[nH]1. The lowest BCUT2D eigenvalue weighted by Crippen LogP contribution is -2.59. The minimum Gasteiger partial charge on any atom is -0.377 e. The monoisotopic (exact) mass is 326 g/mol. The molecular weight excluding hydrogens is 304 g/mol. The van der Waals surface area contributed by atoms with Crippen molar-refractivity contribution in [2.75, 3.05) is 19.8 Å². The molecule has 1 unspecified atom stereocenters. The topological polar surface area (TPSA) is 62.4 Å². The van der Waals surface area contributed by atoms with Crippen LogP contribution in [0.25, 0.3) is 10.8 Å². The minimum atomic E-state index is -0.202. The molecule has 1 aromatic heterocycles. The molecule has 126 valence electrons. The zero-order chi connectivity index (χ0) is 16.7. The summed E-state index contributed by atoms with van der Waals surface area (Å²) in [6.07, 6.45) is 2.55. The van der Waals surface area contributed by atoms with Crippen LogP contribution in [0.3, 0.4) is 0 Å². The minimum absolute atomic E-state index is 0.0682. The predicted molar refractivity (Wildman–Crippen MR) is 91.9 cm³/mol. The van der Waals surface area contributed by atoms with Crippen LogP contribution >= 0.6 is 0 Å². The Bertz CT molecular complexity index is 840. The number of pyridine rings is 1. The number of rotatable bonds is 3. The first kappa shape index (κ1) is 15.4. The van der Waals surface area contributed by atoms with Gasteiger partial charge in [0.25, 0.3) is 5.56 Å². The molecule has 1 N–H and O–H groups in total. The molecule has 2 aromatic rings. The molecule has 0 radical (unpaired) electrons. The van der Waals surface area contributed by atoms with Crippen molar-refractivity contribution in [3.8, 4) is 0 Å². The molecule has 1 saturated heterocycles. The van der Waals surface area contributed by atoms with E-state index < -0.39 is 0 Å². The van der Waals surface area contributed by atoms with E-state index in [1.165, 1.54) is 0 Å². The molecule has 0 spiro atoms. The summed E-state index contributed by atoms with van der Waals surface area (Å²) >= 11 is 0. The number of ether oxygens (including phenoxy) is 1. The standard InChI is InChI=1S/C19H22N2O3/c1-19(14-6-7-14)12-24-9-8-21(19)17(22)11-15-10-13-4-2-3-5-16(13)18(23)20-15/h2-5,10,14H,6-9,11-12H2,1H3,(H,20,23). The van der Waals surface area contributed by atoms with Gasteiger partial charge in [0.15, 0.2) is 0 Å². The Morgan fingerprint density at radius 1 is 1.38 bits per heavy atom. The summed E-state index contributed by atoms with van der Waals surface area (Å²) in [5, 5.41) is 1.53. The molecule has 1 saturated carbocycles. The number of fused-ring (bicyclic) bond motifs is 1. The van der Waals surface area contributed by atoms with E-state index in [4.69, 9.17) is 4.74 Å². The van der Waals surface area contributed by atoms with Crippen molar-refractivity contribution in [2.24, 2.45) is 5.92 Å². The number of nitrogens with zero attached hydrogens (tertiary/aromatic N) is 1. The highest BCUT2D eigenvalue weighted by Crippen LogP contribution is 2.44. The molecule has 1 amide bonds. The number of benzene rings is 1. The van der Waals surface area contributed by atoms with E-state index in [0.29, 0.717) is 36.8 Å². The van der Waals surface area contributed by atoms with Crippen molar-refractivity contribution in [1.82, 2.24) is 9.88 Å². The molecule has 1 aromatic carbocycles. The Labute approximate surface area is 140 Å². The van der Waals surface area contributed by atoms with Crippen molar-refractivity contribution in [2.45, 2.75) is 31.7 Å². The molecule has 1 aliphatic heterocycles. The second-order valence-corrected chi connectivity index (χ2v) is 7.12. The number of H-pyrrole nitrogens is 1. The number of hydrogen-bond acceptors (Lipinski definition) is 3. The van der Waals surface area contributed by atoms with Gasteiger partial charge in [-0.3, -0.25) is 9.59 Å². The normalized spacial score (nSPS) is 24.3. The van der Waals surface area contributed by atoms with Crippen LogP contribution in [-0.4, -0.2) is 41.1 Å². The summed E-state index contributed by atoms with van der Waals surface area (Å²) in [5.41, 5.74) is 0.336. The third-order valence-corrected chi connectivity index (χ3v) is 5.38. The molecule has 24 heavy (non-hydrogen) atoms. The van der Waals surface area contributed by atoms with Gasteiger partial charge < -0.3 is 14.6 Å². The number of morpholine rings is 1. The Morgan fingerprint density at radius 2 is 2.17 bits per heavy atom. The second-order valence-electron chi connectivity index (χ2n) is 7.12. The summed E-state index contributed by atoms with van der Waals surface area (Å²) in [6, 6.07) is 9.35. The Morgan fingerprint density at radius 3 is 2.96 bits per heavy atom. The Hall–Kier alpha value is -2.14. The first-order valence-electron chi connectivity index (χ1n) is 8.57. The molecule has 2 aliphatic rings. The van der Waals surface area contributed by atoms with Crippen LogP contribution in [0.5, 0.6) is 0 Å². The van der Waals surface area contributed by atoms with Gasteiger partial charge in [0.2, 0.25) is 5.91 Å². The van der Waals surface area contributed by atoms with Crippen molar-refractivity contribution in [3.63, 3.8) is 0 Å². The van der Waals surface area contributed by atoms with E-state index in [-0.39, 0.29) is 23.4 Å². The summed E-state index contributed by atoms with van der Waals surface area (Å²) < 4.78 is 5.64. The van der Waals surface area contributed by atoms with E-state index in [1.54, 1.807) is 6.07 Å². The molecule has 4 rings (SSSR count). The lowest BCUT2D eigenvalue weighted by molar-refractivity contribution is -0.149. The van der Waals surface area contributed by atoms with Crippen molar-refractivity contribution in [3.05, 3.63) is 46.4 Å². The van der Waals surface area contributed by atoms with Crippen molar-refractivity contribution < 1.29 is 9.53 Å². The highest BCUT2D eigenvalue weighted by Gasteiger charge is 2.49. The summed E-state index contributed by atoms with van der Waals surface area (Å²) in [5.74, 6) is 0.607. The molecule has 2 fully saturated rings. The summed E-state index contributed by atoms with van der Waals surface area (Å²) in [7, 11) is 0. The van der Waals surface area contributed by atoms with Gasteiger partial charge in [-0.1, -0.05) is 18.2 Å². The van der Waals surface area contributed by atoms with E-state index in [2.05, 4.69) is 11.9 Å².